The van der Waals surface area contributed by atoms with Crippen LogP contribution in [0.25, 0.3) is 0 Å². The molecular weight excluding hydrogens is 192 g/mol. The fraction of sp³-hybridized carbons (Fsp3) is 0.909. The number of hydrogen-bond donors (Lipinski definition) is 2. The van der Waals surface area contributed by atoms with Crippen LogP contribution in [0.15, 0.2) is 0 Å². The summed E-state index contributed by atoms with van der Waals surface area (Å²) in [6, 6.07) is -0.411. The molecule has 0 aromatic rings. The highest BCUT2D eigenvalue weighted by molar-refractivity contribution is 5.73. The first-order valence-corrected chi connectivity index (χ1v) is 5.85. The zero-order chi connectivity index (χ0) is 11.3. The Bertz CT molecular complexity index is 209. The van der Waals surface area contributed by atoms with Gasteiger partial charge in [0.15, 0.2) is 0 Å². The maximum Gasteiger partial charge on any atom is 0.322 e. The largest absolute Gasteiger partial charge is 0.480 e. The van der Waals surface area contributed by atoms with Gasteiger partial charge in [-0.15, -0.1) is 0 Å². The summed E-state index contributed by atoms with van der Waals surface area (Å²) in [5.74, 6) is 0.0258. The van der Waals surface area contributed by atoms with Crippen molar-refractivity contribution in [2.24, 2.45) is 5.92 Å². The molecule has 1 saturated heterocycles. The van der Waals surface area contributed by atoms with Crippen molar-refractivity contribution < 1.29 is 9.90 Å². The predicted octanol–water partition coefficient (Wildman–Crippen LogP) is 0.781. The number of carboxylic acid groups (broad SMARTS) is 1. The van der Waals surface area contributed by atoms with Gasteiger partial charge < -0.3 is 15.3 Å². The molecule has 1 aliphatic rings. The fourth-order valence-electron chi connectivity index (χ4n) is 2.15. The highest BCUT2D eigenvalue weighted by Crippen LogP contribution is 2.18. The summed E-state index contributed by atoms with van der Waals surface area (Å²) in [6.45, 7) is 7.60. The number of likely N-dealkylation sites (tertiary alicyclic amines) is 1. The number of carboxylic acids is 1. The number of aliphatic carboxylic acids is 1. The zero-order valence-corrected chi connectivity index (χ0v) is 9.70. The Balaban J connectivity index is 2.35. The molecule has 1 aliphatic heterocycles. The van der Waals surface area contributed by atoms with Crippen LogP contribution in [0.1, 0.15) is 26.7 Å². The van der Waals surface area contributed by atoms with Gasteiger partial charge in [-0.25, -0.2) is 0 Å². The number of nitrogens with zero attached hydrogens (tertiary/aromatic N) is 1. The highest BCUT2D eigenvalue weighted by atomic mass is 16.4. The van der Waals surface area contributed by atoms with E-state index in [9.17, 15) is 4.79 Å². The van der Waals surface area contributed by atoms with Gasteiger partial charge in [0, 0.05) is 13.1 Å². The number of hydrogen-bond acceptors (Lipinski definition) is 3. The molecule has 2 atom stereocenters. The molecule has 0 amide bonds. The van der Waals surface area contributed by atoms with Crippen molar-refractivity contribution in [3.05, 3.63) is 0 Å². The fourth-order valence-corrected chi connectivity index (χ4v) is 2.15. The molecule has 1 fully saturated rings. The second kappa shape index (κ2) is 6.08. The van der Waals surface area contributed by atoms with Gasteiger partial charge in [0.05, 0.1) is 0 Å². The van der Waals surface area contributed by atoms with Crippen LogP contribution in [-0.2, 0) is 4.79 Å². The summed E-state index contributed by atoms with van der Waals surface area (Å²) in [6.07, 6.45) is 2.42. The van der Waals surface area contributed by atoms with Gasteiger partial charge in [0.2, 0.25) is 0 Å². The van der Waals surface area contributed by atoms with Crippen LogP contribution < -0.4 is 5.32 Å². The van der Waals surface area contributed by atoms with Crippen molar-refractivity contribution in [2.75, 3.05) is 26.2 Å². The van der Waals surface area contributed by atoms with Crippen LogP contribution in [0, 0.1) is 5.92 Å². The number of rotatable bonds is 6. The predicted molar refractivity (Wildman–Crippen MR) is 59.9 cm³/mol. The third-order valence-electron chi connectivity index (χ3n) is 3.14. The molecule has 0 aromatic heterocycles. The van der Waals surface area contributed by atoms with E-state index in [1.54, 1.807) is 0 Å². The molecule has 88 valence electrons. The first kappa shape index (κ1) is 12.5. The first-order chi connectivity index (χ1) is 7.17. The second-order valence-corrected chi connectivity index (χ2v) is 4.27. The first-order valence-electron chi connectivity index (χ1n) is 5.85. The molecule has 2 N–H and O–H groups in total. The molecule has 4 heteroatoms. The smallest absolute Gasteiger partial charge is 0.322 e. The van der Waals surface area contributed by atoms with Crippen LogP contribution in [0.4, 0.5) is 0 Å². The number of nitrogens with one attached hydrogen (secondary N) is 1. The molecule has 1 rings (SSSR count). The lowest BCUT2D eigenvalue weighted by Crippen LogP contribution is -2.45. The Morgan fingerprint density at radius 2 is 2.33 bits per heavy atom. The molecule has 15 heavy (non-hydrogen) atoms. The van der Waals surface area contributed by atoms with Gasteiger partial charge in [-0.1, -0.05) is 20.3 Å². The minimum Gasteiger partial charge on any atom is -0.480 e. The normalized spacial score (nSPS) is 24.3. The van der Waals surface area contributed by atoms with E-state index in [0.29, 0.717) is 13.1 Å². The monoisotopic (exact) mass is 214 g/mol. The quantitative estimate of drug-likeness (QED) is 0.686. The average Bonchev–Trinajstić information content (AvgIpc) is 2.65. The van der Waals surface area contributed by atoms with Gasteiger partial charge in [0.1, 0.15) is 6.04 Å². The summed E-state index contributed by atoms with van der Waals surface area (Å²) >= 11 is 0. The van der Waals surface area contributed by atoms with Crippen LogP contribution >= 0.6 is 0 Å². The molecule has 4 nitrogen and oxygen atoms in total. The van der Waals surface area contributed by atoms with Gasteiger partial charge in [0.25, 0.3) is 0 Å². The lowest BCUT2D eigenvalue weighted by atomic mass is 10.1. The lowest BCUT2D eigenvalue weighted by Gasteiger charge is -2.21. The molecule has 0 saturated carbocycles. The average molecular weight is 214 g/mol. The molecule has 0 bridgehead atoms. The van der Waals surface area contributed by atoms with Crippen LogP contribution in [0.5, 0.6) is 0 Å². The summed E-state index contributed by atoms with van der Waals surface area (Å²) in [4.78, 5) is 13.2. The van der Waals surface area contributed by atoms with Gasteiger partial charge in [-0.3, -0.25) is 4.79 Å². The maximum atomic E-state index is 10.9. The third kappa shape index (κ3) is 3.80. The van der Waals surface area contributed by atoms with E-state index in [1.807, 2.05) is 6.92 Å². The Kier molecular flexibility index (Phi) is 5.05. The van der Waals surface area contributed by atoms with E-state index in [4.69, 9.17) is 5.11 Å². The Morgan fingerprint density at radius 1 is 1.60 bits per heavy atom. The molecule has 0 spiro atoms. The molecule has 1 heterocycles. The topological polar surface area (TPSA) is 52.6 Å². The lowest BCUT2D eigenvalue weighted by molar-refractivity contribution is -0.139. The highest BCUT2D eigenvalue weighted by Gasteiger charge is 2.25. The van der Waals surface area contributed by atoms with E-state index in [1.165, 1.54) is 12.8 Å². The van der Waals surface area contributed by atoms with Crippen molar-refractivity contribution in [1.29, 1.82) is 0 Å². The van der Waals surface area contributed by atoms with E-state index in [-0.39, 0.29) is 0 Å². The second-order valence-electron chi connectivity index (χ2n) is 4.27. The van der Waals surface area contributed by atoms with Crippen molar-refractivity contribution in [1.82, 2.24) is 10.2 Å². The molecular formula is C11H22N2O2. The van der Waals surface area contributed by atoms with Gasteiger partial charge in [-0.2, -0.15) is 0 Å². The summed E-state index contributed by atoms with van der Waals surface area (Å²) in [5.41, 5.74) is 0. The number of likely N-dealkylation sites (N-methyl/N-ethyl adjacent to an activating group) is 1. The van der Waals surface area contributed by atoms with Crippen molar-refractivity contribution in [3.63, 3.8) is 0 Å². The molecule has 0 aromatic carbocycles. The summed E-state index contributed by atoms with van der Waals surface area (Å²) < 4.78 is 0. The van der Waals surface area contributed by atoms with E-state index in [2.05, 4.69) is 17.1 Å². The van der Waals surface area contributed by atoms with Crippen LogP contribution in [0.3, 0.4) is 0 Å². The van der Waals surface area contributed by atoms with Gasteiger partial charge in [-0.05, 0) is 25.4 Å². The Morgan fingerprint density at radius 3 is 2.80 bits per heavy atom. The van der Waals surface area contributed by atoms with E-state index < -0.39 is 12.0 Å². The Hall–Kier alpha value is -0.610. The molecule has 2 unspecified atom stereocenters. The minimum absolute atomic E-state index is 0.411. The number of carbonyl (C=O) groups is 1. The van der Waals surface area contributed by atoms with E-state index >= 15 is 0 Å². The Labute approximate surface area is 91.6 Å². The SMILES string of the molecule is CCNC(CN1CCC(CC)C1)C(=O)O. The maximum absolute atomic E-state index is 10.9. The standard InChI is InChI=1S/C11H22N2O2/c1-3-9-5-6-13(7-9)8-10(11(14)15)12-4-2/h9-10,12H,3-8H2,1-2H3,(H,14,15). The van der Waals surface area contributed by atoms with Gasteiger partial charge >= 0.3 is 5.97 Å². The van der Waals surface area contributed by atoms with E-state index in [0.717, 1.165) is 19.0 Å². The summed E-state index contributed by atoms with van der Waals surface area (Å²) in [7, 11) is 0. The van der Waals surface area contributed by atoms with Crippen LogP contribution in [-0.4, -0.2) is 48.2 Å². The summed E-state index contributed by atoms with van der Waals surface area (Å²) in [5, 5.41) is 12.0. The minimum atomic E-state index is -0.739. The third-order valence-corrected chi connectivity index (χ3v) is 3.14. The van der Waals surface area contributed by atoms with Crippen LogP contribution in [0.2, 0.25) is 0 Å². The molecule has 0 aliphatic carbocycles. The van der Waals surface area contributed by atoms with Crippen molar-refractivity contribution in [3.8, 4) is 0 Å². The van der Waals surface area contributed by atoms with Crippen molar-refractivity contribution >= 4 is 5.97 Å². The zero-order valence-electron chi connectivity index (χ0n) is 9.70. The van der Waals surface area contributed by atoms with Crippen molar-refractivity contribution in [2.45, 2.75) is 32.7 Å². The molecule has 0 radical (unpaired) electrons.